The normalized spacial score (nSPS) is 17.2. The van der Waals surface area contributed by atoms with Gasteiger partial charge in [-0.15, -0.1) is 0 Å². The zero-order valence-corrected chi connectivity index (χ0v) is 16.2. The maximum Gasteiger partial charge on any atom is 0.190 e. The molecule has 144 valence electrons. The number of para-hydroxylation sites is 1. The summed E-state index contributed by atoms with van der Waals surface area (Å²) in [5.41, 5.74) is 3.46. The summed E-state index contributed by atoms with van der Waals surface area (Å²) < 4.78 is 13.2. The van der Waals surface area contributed by atoms with E-state index in [1.165, 1.54) is 18.2 Å². The Labute approximate surface area is 161 Å². The van der Waals surface area contributed by atoms with Crippen LogP contribution in [0.15, 0.2) is 53.5 Å². The lowest BCUT2D eigenvalue weighted by Gasteiger charge is -2.19. The van der Waals surface area contributed by atoms with E-state index in [1.54, 1.807) is 13.1 Å². The van der Waals surface area contributed by atoms with Crippen molar-refractivity contribution >= 4 is 11.6 Å². The van der Waals surface area contributed by atoms with Crippen LogP contribution in [0.4, 0.5) is 10.1 Å². The number of hydrogen-bond acceptors (Lipinski definition) is 2. The van der Waals surface area contributed by atoms with Crippen molar-refractivity contribution in [3.8, 4) is 0 Å². The average molecular weight is 369 g/mol. The van der Waals surface area contributed by atoms with Crippen LogP contribution in [0.3, 0.4) is 0 Å². The molecule has 1 fully saturated rings. The van der Waals surface area contributed by atoms with Crippen molar-refractivity contribution in [2.75, 3.05) is 38.1 Å². The van der Waals surface area contributed by atoms with Crippen molar-refractivity contribution < 1.29 is 4.39 Å². The van der Waals surface area contributed by atoms with E-state index in [0.29, 0.717) is 5.92 Å². The van der Waals surface area contributed by atoms with Gasteiger partial charge in [-0.1, -0.05) is 24.3 Å². The number of aryl methyl sites for hydroxylation is 1. The minimum absolute atomic E-state index is 0.178. The predicted octanol–water partition coefficient (Wildman–Crippen LogP) is 3.37. The van der Waals surface area contributed by atoms with Crippen LogP contribution in [0.1, 0.15) is 17.5 Å². The monoisotopic (exact) mass is 368 g/mol. The van der Waals surface area contributed by atoms with E-state index in [0.717, 1.165) is 49.7 Å². The SMILES string of the molecule is CN=C(NCCc1ccc(F)cc1C)NCC1CCN(c2ccccc2)C1. The lowest BCUT2D eigenvalue weighted by molar-refractivity contribution is 0.566. The molecule has 0 spiro atoms. The van der Waals surface area contributed by atoms with Gasteiger partial charge in [-0.3, -0.25) is 4.99 Å². The second-order valence-corrected chi connectivity index (χ2v) is 7.14. The number of rotatable bonds is 6. The molecule has 4 nitrogen and oxygen atoms in total. The summed E-state index contributed by atoms with van der Waals surface area (Å²) >= 11 is 0. The first-order chi connectivity index (χ1) is 13.2. The number of nitrogens with zero attached hydrogens (tertiary/aromatic N) is 2. The van der Waals surface area contributed by atoms with Crippen molar-refractivity contribution in [1.29, 1.82) is 0 Å². The van der Waals surface area contributed by atoms with E-state index in [2.05, 4.69) is 50.9 Å². The molecule has 0 amide bonds. The van der Waals surface area contributed by atoms with Gasteiger partial charge in [0.25, 0.3) is 0 Å². The highest BCUT2D eigenvalue weighted by atomic mass is 19.1. The van der Waals surface area contributed by atoms with Crippen LogP contribution in [0.2, 0.25) is 0 Å². The minimum atomic E-state index is -0.178. The molecule has 1 atom stereocenters. The zero-order chi connectivity index (χ0) is 19.1. The summed E-state index contributed by atoms with van der Waals surface area (Å²) in [6, 6.07) is 15.6. The Morgan fingerprint density at radius 1 is 1.19 bits per heavy atom. The van der Waals surface area contributed by atoms with Crippen LogP contribution in [-0.2, 0) is 6.42 Å². The maximum absolute atomic E-state index is 13.2. The van der Waals surface area contributed by atoms with Gasteiger partial charge in [0, 0.05) is 38.9 Å². The topological polar surface area (TPSA) is 39.7 Å². The third-order valence-electron chi connectivity index (χ3n) is 5.18. The van der Waals surface area contributed by atoms with Crippen molar-refractivity contribution in [1.82, 2.24) is 10.6 Å². The molecule has 1 aliphatic rings. The Hall–Kier alpha value is -2.56. The van der Waals surface area contributed by atoms with Gasteiger partial charge in [0.1, 0.15) is 5.82 Å². The molecule has 0 aliphatic carbocycles. The van der Waals surface area contributed by atoms with E-state index in [1.807, 2.05) is 13.0 Å². The van der Waals surface area contributed by atoms with E-state index >= 15 is 0 Å². The molecule has 5 heteroatoms. The number of guanidine groups is 1. The van der Waals surface area contributed by atoms with Crippen LogP contribution >= 0.6 is 0 Å². The largest absolute Gasteiger partial charge is 0.371 e. The van der Waals surface area contributed by atoms with Gasteiger partial charge in [0.2, 0.25) is 0 Å². The molecule has 1 heterocycles. The molecule has 0 radical (unpaired) electrons. The Morgan fingerprint density at radius 3 is 2.74 bits per heavy atom. The summed E-state index contributed by atoms with van der Waals surface area (Å²) in [5.74, 6) is 1.26. The maximum atomic E-state index is 13.2. The third-order valence-corrected chi connectivity index (χ3v) is 5.18. The van der Waals surface area contributed by atoms with Crippen LogP contribution in [0, 0.1) is 18.7 Å². The molecule has 3 rings (SSSR count). The predicted molar refractivity (Wildman–Crippen MR) is 111 cm³/mol. The minimum Gasteiger partial charge on any atom is -0.371 e. The van der Waals surface area contributed by atoms with Crippen LogP contribution < -0.4 is 15.5 Å². The van der Waals surface area contributed by atoms with E-state index in [-0.39, 0.29) is 5.82 Å². The fourth-order valence-electron chi connectivity index (χ4n) is 3.59. The fraction of sp³-hybridized carbons (Fsp3) is 0.409. The van der Waals surface area contributed by atoms with Gasteiger partial charge in [-0.05, 0) is 61.1 Å². The Bertz CT molecular complexity index is 760. The first kappa shape index (κ1) is 19.2. The van der Waals surface area contributed by atoms with E-state index in [4.69, 9.17) is 0 Å². The van der Waals surface area contributed by atoms with Crippen molar-refractivity contribution in [3.05, 3.63) is 65.5 Å². The molecule has 27 heavy (non-hydrogen) atoms. The van der Waals surface area contributed by atoms with Crippen molar-refractivity contribution in [2.45, 2.75) is 19.8 Å². The van der Waals surface area contributed by atoms with Gasteiger partial charge < -0.3 is 15.5 Å². The van der Waals surface area contributed by atoms with E-state index in [9.17, 15) is 4.39 Å². The summed E-state index contributed by atoms with van der Waals surface area (Å²) in [5, 5.41) is 6.80. The molecule has 1 unspecified atom stereocenters. The second kappa shape index (κ2) is 9.40. The van der Waals surface area contributed by atoms with Gasteiger partial charge in [-0.2, -0.15) is 0 Å². The lowest BCUT2D eigenvalue weighted by atomic mass is 10.1. The average Bonchev–Trinajstić information content (AvgIpc) is 3.16. The number of hydrogen-bond donors (Lipinski definition) is 2. The molecule has 0 bridgehead atoms. The van der Waals surface area contributed by atoms with Crippen LogP contribution in [-0.4, -0.2) is 39.2 Å². The molecular formula is C22H29FN4. The standard InChI is InChI=1S/C22H29FN4/c1-17-14-20(23)9-8-19(17)10-12-25-22(24-2)26-15-18-11-13-27(16-18)21-6-4-3-5-7-21/h3-9,14,18H,10-13,15-16H2,1-2H3,(H2,24,25,26). The van der Waals surface area contributed by atoms with Crippen LogP contribution in [0.25, 0.3) is 0 Å². The second-order valence-electron chi connectivity index (χ2n) is 7.14. The number of anilines is 1. The van der Waals surface area contributed by atoms with Gasteiger partial charge in [0.15, 0.2) is 5.96 Å². The molecular weight excluding hydrogens is 339 g/mol. The zero-order valence-electron chi connectivity index (χ0n) is 16.2. The third kappa shape index (κ3) is 5.46. The molecule has 1 aliphatic heterocycles. The Balaban J connectivity index is 1.40. The summed E-state index contributed by atoms with van der Waals surface area (Å²) in [6.07, 6.45) is 2.03. The smallest absolute Gasteiger partial charge is 0.190 e. The fourth-order valence-corrected chi connectivity index (χ4v) is 3.59. The van der Waals surface area contributed by atoms with E-state index < -0.39 is 0 Å². The first-order valence-corrected chi connectivity index (χ1v) is 9.65. The highest BCUT2D eigenvalue weighted by molar-refractivity contribution is 5.79. The molecule has 2 aromatic carbocycles. The number of nitrogens with one attached hydrogen (secondary N) is 2. The summed E-state index contributed by atoms with van der Waals surface area (Å²) in [7, 11) is 1.80. The number of benzene rings is 2. The Morgan fingerprint density at radius 2 is 2.00 bits per heavy atom. The number of halogens is 1. The lowest BCUT2D eigenvalue weighted by Crippen LogP contribution is -2.41. The molecule has 0 aromatic heterocycles. The highest BCUT2D eigenvalue weighted by Gasteiger charge is 2.22. The molecule has 2 aromatic rings. The van der Waals surface area contributed by atoms with Crippen molar-refractivity contribution in [2.24, 2.45) is 10.9 Å². The first-order valence-electron chi connectivity index (χ1n) is 9.65. The van der Waals surface area contributed by atoms with Crippen molar-refractivity contribution in [3.63, 3.8) is 0 Å². The molecule has 1 saturated heterocycles. The van der Waals surface area contributed by atoms with Gasteiger partial charge >= 0.3 is 0 Å². The quantitative estimate of drug-likeness (QED) is 0.607. The molecule has 0 saturated carbocycles. The highest BCUT2D eigenvalue weighted by Crippen LogP contribution is 2.22. The number of aliphatic imine (C=N–C) groups is 1. The molecule has 2 N–H and O–H groups in total. The summed E-state index contributed by atoms with van der Waals surface area (Å²) in [4.78, 5) is 6.76. The van der Waals surface area contributed by atoms with Gasteiger partial charge in [0.05, 0.1) is 0 Å². The van der Waals surface area contributed by atoms with Gasteiger partial charge in [-0.25, -0.2) is 4.39 Å². The Kier molecular flexibility index (Phi) is 6.69. The summed E-state index contributed by atoms with van der Waals surface area (Å²) in [6.45, 7) is 5.81. The van der Waals surface area contributed by atoms with Crippen LogP contribution in [0.5, 0.6) is 0 Å².